The minimum absolute atomic E-state index is 0.0669. The van der Waals surface area contributed by atoms with Crippen LogP contribution in [0, 0.1) is 11.3 Å². The number of thiocarbonyl (C=S) groups is 1. The third kappa shape index (κ3) is 3.27. The number of halogens is 3. The Labute approximate surface area is 160 Å². The first-order valence-corrected chi connectivity index (χ1v) is 9.15. The van der Waals surface area contributed by atoms with Gasteiger partial charge in [-0.15, -0.1) is 0 Å². The zero-order valence-corrected chi connectivity index (χ0v) is 15.8. The molecule has 1 aromatic heterocycles. The predicted octanol–water partition coefficient (Wildman–Crippen LogP) is 4.02. The smallest absolute Gasteiger partial charge is 0.331 e. The van der Waals surface area contributed by atoms with Crippen molar-refractivity contribution >= 4 is 28.9 Å². The molecule has 1 aromatic rings. The number of carbonyl (C=O) groups is 1. The largest absolute Gasteiger partial charge is 0.419 e. The molecule has 0 bridgehead atoms. The summed E-state index contributed by atoms with van der Waals surface area (Å²) in [6.45, 7) is 3.47. The van der Waals surface area contributed by atoms with Crippen LogP contribution in [0.25, 0.3) is 0 Å². The Morgan fingerprint density at radius 1 is 1.30 bits per heavy atom. The maximum atomic E-state index is 13.3. The van der Waals surface area contributed by atoms with E-state index < -0.39 is 28.9 Å². The number of nitrogens with zero attached hydrogens (tertiary/aromatic N) is 4. The molecule has 0 spiro atoms. The van der Waals surface area contributed by atoms with Crippen molar-refractivity contribution < 1.29 is 18.0 Å². The zero-order chi connectivity index (χ0) is 20.0. The van der Waals surface area contributed by atoms with Gasteiger partial charge < -0.3 is 4.90 Å². The van der Waals surface area contributed by atoms with Gasteiger partial charge in [0.1, 0.15) is 11.6 Å². The second-order valence-electron chi connectivity index (χ2n) is 7.34. The standard InChI is InChI=1S/C18H19F3N4OS/c1-17(2)15(26)24(16(27)25(17)11-6-4-3-5-7-11)12-8-13(18(19,20)21)14(9-22)23-10-12/h8,10-11H,3-7H2,1-2H3. The molecule has 0 unspecified atom stereocenters. The normalized spacial score (nSPS) is 20.9. The highest BCUT2D eigenvalue weighted by Crippen LogP contribution is 2.39. The summed E-state index contributed by atoms with van der Waals surface area (Å²) < 4.78 is 39.8. The second kappa shape index (κ2) is 6.75. The highest BCUT2D eigenvalue weighted by molar-refractivity contribution is 7.80. The first-order chi connectivity index (χ1) is 12.6. The van der Waals surface area contributed by atoms with Crippen LogP contribution < -0.4 is 4.90 Å². The summed E-state index contributed by atoms with van der Waals surface area (Å²) in [5.74, 6) is -0.391. The van der Waals surface area contributed by atoms with Gasteiger partial charge in [0, 0.05) is 6.04 Å². The number of alkyl halides is 3. The Morgan fingerprint density at radius 2 is 1.93 bits per heavy atom. The molecule has 1 saturated heterocycles. The number of pyridine rings is 1. The van der Waals surface area contributed by atoms with E-state index in [9.17, 15) is 18.0 Å². The van der Waals surface area contributed by atoms with Gasteiger partial charge in [0.05, 0.1) is 17.4 Å². The van der Waals surface area contributed by atoms with Crippen molar-refractivity contribution in [2.45, 2.75) is 63.7 Å². The summed E-state index contributed by atoms with van der Waals surface area (Å²) in [7, 11) is 0. The Balaban J connectivity index is 2.03. The molecule has 0 atom stereocenters. The zero-order valence-electron chi connectivity index (χ0n) is 15.0. The maximum Gasteiger partial charge on any atom is 0.419 e. The van der Waals surface area contributed by atoms with Crippen molar-refractivity contribution in [3.8, 4) is 6.07 Å². The first-order valence-electron chi connectivity index (χ1n) is 8.74. The summed E-state index contributed by atoms with van der Waals surface area (Å²) in [5.41, 5.74) is -2.92. The fraction of sp³-hybridized carbons (Fsp3) is 0.556. The van der Waals surface area contributed by atoms with Gasteiger partial charge in [-0.2, -0.15) is 18.4 Å². The van der Waals surface area contributed by atoms with Crippen molar-refractivity contribution in [1.82, 2.24) is 9.88 Å². The van der Waals surface area contributed by atoms with Crippen LogP contribution in [0.3, 0.4) is 0 Å². The molecular weight excluding hydrogens is 377 g/mol. The van der Waals surface area contributed by atoms with Gasteiger partial charge >= 0.3 is 6.18 Å². The molecule has 1 saturated carbocycles. The van der Waals surface area contributed by atoms with E-state index in [-0.39, 0.29) is 16.8 Å². The molecule has 1 aliphatic heterocycles. The summed E-state index contributed by atoms with van der Waals surface area (Å²) in [6.07, 6.45) is 1.32. The summed E-state index contributed by atoms with van der Waals surface area (Å²) >= 11 is 5.51. The number of nitriles is 1. The SMILES string of the molecule is CC1(C)C(=O)N(c2cnc(C#N)c(C(F)(F)F)c2)C(=S)N1C1CCCCC1. The molecule has 5 nitrogen and oxygen atoms in total. The number of rotatable bonds is 2. The van der Waals surface area contributed by atoms with Crippen molar-refractivity contribution in [3.63, 3.8) is 0 Å². The lowest BCUT2D eigenvalue weighted by molar-refractivity contribution is -0.138. The third-order valence-corrected chi connectivity index (χ3v) is 5.59. The molecule has 1 amide bonds. The molecule has 0 aromatic carbocycles. The van der Waals surface area contributed by atoms with E-state index in [0.717, 1.165) is 49.3 Å². The average Bonchev–Trinajstić information content (AvgIpc) is 2.79. The Bertz CT molecular complexity index is 825. The minimum atomic E-state index is -4.75. The number of aromatic nitrogens is 1. The number of hydrogen-bond donors (Lipinski definition) is 0. The highest BCUT2D eigenvalue weighted by atomic mass is 32.1. The summed E-state index contributed by atoms with van der Waals surface area (Å²) in [4.78, 5) is 19.6. The molecular formula is C18H19F3N4OS. The van der Waals surface area contributed by atoms with E-state index in [1.165, 1.54) is 6.07 Å². The lowest BCUT2D eigenvalue weighted by Crippen LogP contribution is -2.50. The van der Waals surface area contributed by atoms with Crippen molar-refractivity contribution in [2.24, 2.45) is 0 Å². The van der Waals surface area contributed by atoms with E-state index in [1.54, 1.807) is 13.8 Å². The second-order valence-corrected chi connectivity index (χ2v) is 7.71. The molecule has 2 heterocycles. The van der Waals surface area contributed by atoms with E-state index >= 15 is 0 Å². The maximum absolute atomic E-state index is 13.3. The van der Waals surface area contributed by atoms with Crippen LogP contribution in [-0.2, 0) is 11.0 Å². The summed E-state index contributed by atoms with van der Waals surface area (Å²) in [6, 6.07) is 2.30. The average molecular weight is 396 g/mol. The molecule has 2 aliphatic rings. The number of anilines is 1. The Kier molecular flexibility index (Phi) is 4.89. The first kappa shape index (κ1) is 19.5. The van der Waals surface area contributed by atoms with Gasteiger partial charge in [-0.25, -0.2) is 4.98 Å². The molecule has 1 aliphatic carbocycles. The topological polar surface area (TPSA) is 60.2 Å². The van der Waals surface area contributed by atoms with Gasteiger partial charge in [-0.05, 0) is 45.0 Å². The van der Waals surface area contributed by atoms with Gasteiger partial charge in [-0.3, -0.25) is 9.69 Å². The van der Waals surface area contributed by atoms with E-state index in [1.807, 2.05) is 4.90 Å². The Morgan fingerprint density at radius 3 is 2.48 bits per heavy atom. The van der Waals surface area contributed by atoms with Crippen LogP contribution in [0.15, 0.2) is 12.3 Å². The highest BCUT2D eigenvalue weighted by Gasteiger charge is 2.52. The van der Waals surface area contributed by atoms with Gasteiger partial charge in [-0.1, -0.05) is 19.3 Å². The third-order valence-electron chi connectivity index (χ3n) is 5.21. The van der Waals surface area contributed by atoms with Crippen LogP contribution in [0.2, 0.25) is 0 Å². The van der Waals surface area contributed by atoms with E-state index in [2.05, 4.69) is 4.98 Å². The van der Waals surface area contributed by atoms with E-state index in [4.69, 9.17) is 17.5 Å². The molecule has 0 radical (unpaired) electrons. The molecule has 2 fully saturated rings. The van der Waals surface area contributed by atoms with Crippen LogP contribution >= 0.6 is 12.2 Å². The Hall–Kier alpha value is -2.21. The lowest BCUT2D eigenvalue weighted by Gasteiger charge is -2.39. The molecule has 0 N–H and O–H groups in total. The molecule has 27 heavy (non-hydrogen) atoms. The molecule has 144 valence electrons. The molecule has 3 rings (SSSR count). The van der Waals surface area contributed by atoms with Crippen LogP contribution in [0.1, 0.15) is 57.2 Å². The van der Waals surface area contributed by atoms with Crippen LogP contribution in [-0.4, -0.2) is 32.5 Å². The van der Waals surface area contributed by atoms with Crippen molar-refractivity contribution in [2.75, 3.05) is 4.90 Å². The number of carbonyl (C=O) groups excluding carboxylic acids is 1. The fourth-order valence-electron chi connectivity index (χ4n) is 3.87. The number of hydrogen-bond acceptors (Lipinski definition) is 4. The number of amides is 1. The van der Waals surface area contributed by atoms with Gasteiger partial charge in [0.2, 0.25) is 0 Å². The van der Waals surface area contributed by atoms with Crippen molar-refractivity contribution in [1.29, 1.82) is 5.26 Å². The van der Waals surface area contributed by atoms with Crippen LogP contribution in [0.4, 0.5) is 18.9 Å². The molecule has 9 heteroatoms. The fourth-order valence-corrected chi connectivity index (χ4v) is 4.44. The predicted molar refractivity (Wildman–Crippen MR) is 96.8 cm³/mol. The lowest BCUT2D eigenvalue weighted by atomic mass is 9.91. The monoisotopic (exact) mass is 396 g/mol. The van der Waals surface area contributed by atoms with Crippen LogP contribution in [0.5, 0.6) is 0 Å². The van der Waals surface area contributed by atoms with Gasteiger partial charge in [0.25, 0.3) is 5.91 Å². The quantitative estimate of drug-likeness (QED) is 0.707. The van der Waals surface area contributed by atoms with E-state index in [0.29, 0.717) is 0 Å². The summed E-state index contributed by atoms with van der Waals surface area (Å²) in [5, 5.41) is 9.10. The van der Waals surface area contributed by atoms with Crippen molar-refractivity contribution in [3.05, 3.63) is 23.5 Å². The minimum Gasteiger partial charge on any atom is -0.331 e. The van der Waals surface area contributed by atoms with Gasteiger partial charge in [0.15, 0.2) is 10.8 Å².